The first kappa shape index (κ1) is 15.6. The summed E-state index contributed by atoms with van der Waals surface area (Å²) in [5.74, 6) is -0.941. The van der Waals surface area contributed by atoms with Crippen molar-refractivity contribution in [3.8, 4) is 0 Å². The van der Waals surface area contributed by atoms with Crippen molar-refractivity contribution in [1.82, 2.24) is 0 Å². The second-order valence-corrected chi connectivity index (χ2v) is 4.70. The van der Waals surface area contributed by atoms with Gasteiger partial charge in [-0.2, -0.15) is 0 Å². The van der Waals surface area contributed by atoms with Crippen LogP contribution in [0.1, 0.15) is 12.0 Å². The molecule has 0 fully saturated rings. The Labute approximate surface area is 129 Å². The molecule has 2 N–H and O–H groups in total. The van der Waals surface area contributed by atoms with Crippen molar-refractivity contribution in [3.63, 3.8) is 0 Å². The molecule has 2 aromatic rings. The average Bonchev–Trinajstić information content (AvgIpc) is 2.54. The van der Waals surface area contributed by atoms with Gasteiger partial charge in [0, 0.05) is 18.4 Å². The van der Waals surface area contributed by atoms with E-state index in [4.69, 9.17) is 4.74 Å². The van der Waals surface area contributed by atoms with E-state index in [1.165, 1.54) is 0 Å². The van der Waals surface area contributed by atoms with Gasteiger partial charge in [-0.15, -0.1) is 0 Å². The monoisotopic (exact) mass is 298 g/mol. The van der Waals surface area contributed by atoms with Gasteiger partial charge in [-0.25, -0.2) is 0 Å². The molecule has 0 unspecified atom stereocenters. The molecular formula is C17H18N2O3. The number of benzene rings is 2. The number of rotatable bonds is 6. The van der Waals surface area contributed by atoms with Gasteiger partial charge in [0.05, 0.1) is 0 Å². The van der Waals surface area contributed by atoms with Crippen molar-refractivity contribution in [1.29, 1.82) is 0 Å². The van der Waals surface area contributed by atoms with Gasteiger partial charge in [-0.3, -0.25) is 9.59 Å². The Hall–Kier alpha value is -2.82. The molecule has 1 amide bonds. The minimum absolute atomic E-state index is 0.170. The Morgan fingerprint density at radius 2 is 1.59 bits per heavy atom. The topological polar surface area (TPSA) is 67.4 Å². The number of hydrogen-bond acceptors (Lipinski definition) is 4. The van der Waals surface area contributed by atoms with E-state index in [0.717, 1.165) is 11.3 Å². The molecule has 0 radical (unpaired) electrons. The Morgan fingerprint density at radius 3 is 2.23 bits per heavy atom. The van der Waals surface area contributed by atoms with Gasteiger partial charge in [0.25, 0.3) is 0 Å². The molecule has 5 nitrogen and oxygen atoms in total. The maximum Gasteiger partial charge on any atom is 0.315 e. The van der Waals surface area contributed by atoms with Gasteiger partial charge in [0.1, 0.15) is 13.0 Å². The van der Waals surface area contributed by atoms with E-state index in [0.29, 0.717) is 5.69 Å². The molecule has 2 aromatic carbocycles. The number of anilines is 2. The van der Waals surface area contributed by atoms with Crippen LogP contribution < -0.4 is 10.6 Å². The third kappa shape index (κ3) is 4.94. The Kier molecular flexibility index (Phi) is 5.54. The Bertz CT molecular complexity index is 624. The molecule has 2 rings (SSSR count). The van der Waals surface area contributed by atoms with Crippen LogP contribution in [0.25, 0.3) is 0 Å². The van der Waals surface area contributed by atoms with Crippen LogP contribution >= 0.6 is 0 Å². The molecule has 0 heterocycles. The average molecular weight is 298 g/mol. The molecular weight excluding hydrogens is 280 g/mol. The highest BCUT2D eigenvalue weighted by Crippen LogP contribution is 2.13. The summed E-state index contributed by atoms with van der Waals surface area (Å²) in [5, 5.41) is 5.64. The van der Waals surface area contributed by atoms with E-state index in [1.807, 2.05) is 49.5 Å². The third-order valence-corrected chi connectivity index (χ3v) is 3.00. The summed E-state index contributed by atoms with van der Waals surface area (Å²) in [6.45, 7) is 0.170. The first-order valence-electron chi connectivity index (χ1n) is 6.94. The number of esters is 1. The smallest absolute Gasteiger partial charge is 0.315 e. The van der Waals surface area contributed by atoms with E-state index in [1.54, 1.807) is 12.1 Å². The van der Waals surface area contributed by atoms with Crippen LogP contribution in [0.4, 0.5) is 11.4 Å². The first-order valence-corrected chi connectivity index (χ1v) is 6.94. The van der Waals surface area contributed by atoms with Crippen molar-refractivity contribution in [3.05, 3.63) is 60.2 Å². The molecule has 0 aliphatic carbocycles. The van der Waals surface area contributed by atoms with Gasteiger partial charge in [-0.1, -0.05) is 30.3 Å². The van der Waals surface area contributed by atoms with E-state index < -0.39 is 11.9 Å². The fourth-order valence-corrected chi connectivity index (χ4v) is 1.85. The summed E-state index contributed by atoms with van der Waals surface area (Å²) in [6.07, 6.45) is -0.305. The molecule has 0 aliphatic rings. The molecule has 0 saturated heterocycles. The Morgan fingerprint density at radius 1 is 0.955 bits per heavy atom. The predicted octanol–water partition coefficient (Wildman–Crippen LogP) is 2.80. The minimum atomic E-state index is -0.548. The SMILES string of the molecule is CNc1ccc(NC(=O)CC(=O)OCc2ccccc2)cc1. The van der Waals surface area contributed by atoms with E-state index in [-0.39, 0.29) is 13.0 Å². The van der Waals surface area contributed by atoms with E-state index in [2.05, 4.69) is 10.6 Å². The fourth-order valence-electron chi connectivity index (χ4n) is 1.85. The molecule has 22 heavy (non-hydrogen) atoms. The van der Waals surface area contributed by atoms with Crippen LogP contribution in [0.3, 0.4) is 0 Å². The third-order valence-electron chi connectivity index (χ3n) is 3.00. The molecule has 0 atom stereocenters. The molecule has 0 aliphatic heterocycles. The van der Waals surface area contributed by atoms with E-state index >= 15 is 0 Å². The number of hydrogen-bond donors (Lipinski definition) is 2. The van der Waals surface area contributed by atoms with Crippen molar-refractivity contribution in [2.75, 3.05) is 17.7 Å². The van der Waals surface area contributed by atoms with Crippen molar-refractivity contribution in [2.45, 2.75) is 13.0 Å². The quantitative estimate of drug-likeness (QED) is 0.635. The molecule has 0 spiro atoms. The lowest BCUT2D eigenvalue weighted by atomic mass is 10.2. The summed E-state index contributed by atoms with van der Waals surface area (Å²) in [4.78, 5) is 23.4. The summed E-state index contributed by atoms with van der Waals surface area (Å²) >= 11 is 0. The van der Waals surface area contributed by atoms with Crippen molar-refractivity contribution < 1.29 is 14.3 Å². The van der Waals surface area contributed by atoms with Crippen LogP contribution in [0, 0.1) is 0 Å². The lowest BCUT2D eigenvalue weighted by Crippen LogP contribution is -2.18. The standard InChI is InChI=1S/C17H18N2O3/c1-18-14-7-9-15(10-8-14)19-16(20)11-17(21)22-12-13-5-3-2-4-6-13/h2-10,18H,11-12H2,1H3,(H,19,20). The second kappa shape index (κ2) is 7.83. The first-order chi connectivity index (χ1) is 10.7. The zero-order chi connectivity index (χ0) is 15.8. The lowest BCUT2D eigenvalue weighted by molar-refractivity contribution is -0.146. The van der Waals surface area contributed by atoms with Crippen LogP contribution in [0.15, 0.2) is 54.6 Å². The van der Waals surface area contributed by atoms with Crippen LogP contribution in [-0.4, -0.2) is 18.9 Å². The van der Waals surface area contributed by atoms with E-state index in [9.17, 15) is 9.59 Å². The summed E-state index contributed by atoms with van der Waals surface area (Å²) in [6, 6.07) is 16.5. The number of carbonyl (C=O) groups is 2. The largest absolute Gasteiger partial charge is 0.460 e. The lowest BCUT2D eigenvalue weighted by Gasteiger charge is -2.07. The normalized spacial score (nSPS) is 9.86. The summed E-state index contributed by atoms with van der Waals surface area (Å²) in [7, 11) is 1.82. The number of amides is 1. The molecule has 114 valence electrons. The predicted molar refractivity (Wildman–Crippen MR) is 85.5 cm³/mol. The maximum absolute atomic E-state index is 11.8. The highest BCUT2D eigenvalue weighted by atomic mass is 16.5. The van der Waals surface area contributed by atoms with Gasteiger partial charge < -0.3 is 15.4 Å². The van der Waals surface area contributed by atoms with Crippen molar-refractivity contribution >= 4 is 23.3 Å². The molecule has 0 bridgehead atoms. The van der Waals surface area contributed by atoms with Gasteiger partial charge in [0.15, 0.2) is 0 Å². The highest BCUT2D eigenvalue weighted by molar-refractivity contribution is 6.01. The maximum atomic E-state index is 11.8. The number of nitrogens with one attached hydrogen (secondary N) is 2. The second-order valence-electron chi connectivity index (χ2n) is 4.70. The zero-order valence-corrected chi connectivity index (χ0v) is 12.3. The molecule has 0 aromatic heterocycles. The van der Waals surface area contributed by atoms with Crippen molar-refractivity contribution in [2.24, 2.45) is 0 Å². The molecule has 5 heteroatoms. The highest BCUT2D eigenvalue weighted by Gasteiger charge is 2.11. The zero-order valence-electron chi connectivity index (χ0n) is 12.3. The van der Waals surface area contributed by atoms with Gasteiger partial charge in [-0.05, 0) is 29.8 Å². The minimum Gasteiger partial charge on any atom is -0.460 e. The summed E-state index contributed by atoms with van der Waals surface area (Å²) in [5.41, 5.74) is 2.47. The number of ether oxygens (including phenoxy) is 1. The number of carbonyl (C=O) groups excluding carboxylic acids is 2. The van der Waals surface area contributed by atoms with Crippen LogP contribution in [0.2, 0.25) is 0 Å². The van der Waals surface area contributed by atoms with Gasteiger partial charge in [0.2, 0.25) is 5.91 Å². The molecule has 0 saturated carbocycles. The van der Waals surface area contributed by atoms with Crippen LogP contribution in [-0.2, 0) is 20.9 Å². The van der Waals surface area contributed by atoms with Crippen LogP contribution in [0.5, 0.6) is 0 Å². The van der Waals surface area contributed by atoms with Gasteiger partial charge >= 0.3 is 5.97 Å². The fraction of sp³-hybridized carbons (Fsp3) is 0.176. The Balaban J connectivity index is 1.77. The summed E-state index contributed by atoms with van der Waals surface area (Å²) < 4.78 is 5.06.